The van der Waals surface area contributed by atoms with Crippen LogP contribution in [0.3, 0.4) is 0 Å². The largest absolute Gasteiger partial charge is 0.461 e. The van der Waals surface area contributed by atoms with Gasteiger partial charge in [-0.2, -0.15) is 0 Å². The molecular formula is C9H12O2. The summed E-state index contributed by atoms with van der Waals surface area (Å²) in [5.41, 5.74) is 0. The lowest BCUT2D eigenvalue weighted by molar-refractivity contribution is -0.146. The first-order valence-corrected chi connectivity index (χ1v) is 3.77. The molecule has 0 aromatic rings. The number of hydrogen-bond acceptors (Lipinski definition) is 2. The first-order chi connectivity index (χ1) is 5.34. The molecule has 0 aliphatic heterocycles. The lowest BCUT2D eigenvalue weighted by Gasteiger charge is -2.06. The molecule has 0 unspecified atom stereocenters. The zero-order chi connectivity index (χ0) is 8.10. The number of carbonyl (C=O) groups is 1. The van der Waals surface area contributed by atoms with Crippen molar-refractivity contribution in [3.8, 4) is 0 Å². The maximum Gasteiger partial charge on any atom is 0.309 e. The van der Waals surface area contributed by atoms with Gasteiger partial charge in [0.25, 0.3) is 0 Å². The van der Waals surface area contributed by atoms with Crippen LogP contribution >= 0.6 is 0 Å². The molecule has 0 atom stereocenters. The molecule has 0 bridgehead atoms. The van der Waals surface area contributed by atoms with Gasteiger partial charge in [-0.3, -0.25) is 4.79 Å². The topological polar surface area (TPSA) is 26.3 Å². The Bertz CT molecular complexity index is 174. The van der Waals surface area contributed by atoms with E-state index < -0.39 is 0 Å². The Balaban J connectivity index is 2.24. The molecular weight excluding hydrogens is 140 g/mol. The lowest BCUT2D eigenvalue weighted by atomic mass is 10.1. The van der Waals surface area contributed by atoms with Crippen molar-refractivity contribution in [3.63, 3.8) is 0 Å². The number of allylic oxidation sites excluding steroid dienone is 2. The van der Waals surface area contributed by atoms with Crippen molar-refractivity contribution in [3.05, 3.63) is 24.8 Å². The SMILES string of the molecule is C=CCOC(=O)C1CC=CC1. The summed E-state index contributed by atoms with van der Waals surface area (Å²) in [6.45, 7) is 3.80. The monoisotopic (exact) mass is 152 g/mol. The minimum atomic E-state index is -0.102. The van der Waals surface area contributed by atoms with Crippen LogP contribution in [0.25, 0.3) is 0 Å². The Labute approximate surface area is 66.5 Å². The minimum absolute atomic E-state index is 0.0648. The van der Waals surface area contributed by atoms with Crippen molar-refractivity contribution in [2.75, 3.05) is 6.61 Å². The summed E-state index contributed by atoms with van der Waals surface area (Å²) in [4.78, 5) is 11.1. The first kappa shape index (κ1) is 8.05. The molecule has 0 spiro atoms. The van der Waals surface area contributed by atoms with E-state index in [0.717, 1.165) is 12.8 Å². The molecule has 0 fully saturated rings. The van der Waals surface area contributed by atoms with Gasteiger partial charge < -0.3 is 4.74 Å². The Morgan fingerprint density at radius 3 is 2.82 bits per heavy atom. The number of hydrogen-bond donors (Lipinski definition) is 0. The predicted octanol–water partition coefficient (Wildman–Crippen LogP) is 1.68. The van der Waals surface area contributed by atoms with Crippen LogP contribution < -0.4 is 0 Å². The third-order valence-corrected chi connectivity index (χ3v) is 1.68. The molecule has 0 heterocycles. The van der Waals surface area contributed by atoms with E-state index in [1.54, 1.807) is 6.08 Å². The summed E-state index contributed by atoms with van der Waals surface area (Å²) < 4.78 is 4.88. The van der Waals surface area contributed by atoms with Crippen LogP contribution in [-0.4, -0.2) is 12.6 Å². The van der Waals surface area contributed by atoms with Gasteiger partial charge in [-0.15, -0.1) is 0 Å². The quantitative estimate of drug-likeness (QED) is 0.454. The van der Waals surface area contributed by atoms with Crippen LogP contribution in [0.4, 0.5) is 0 Å². The molecule has 60 valence electrons. The van der Waals surface area contributed by atoms with E-state index in [-0.39, 0.29) is 11.9 Å². The van der Waals surface area contributed by atoms with E-state index in [2.05, 4.69) is 6.58 Å². The van der Waals surface area contributed by atoms with Gasteiger partial charge in [0.05, 0.1) is 5.92 Å². The summed E-state index contributed by atoms with van der Waals surface area (Å²) in [5.74, 6) is -0.0372. The highest BCUT2D eigenvalue weighted by atomic mass is 16.5. The minimum Gasteiger partial charge on any atom is -0.461 e. The molecule has 0 aromatic carbocycles. The maximum atomic E-state index is 11.1. The number of esters is 1. The van der Waals surface area contributed by atoms with Crippen LogP contribution in [0, 0.1) is 5.92 Å². The molecule has 0 aromatic heterocycles. The second-order valence-corrected chi connectivity index (χ2v) is 2.56. The van der Waals surface area contributed by atoms with Crippen LogP contribution in [0.2, 0.25) is 0 Å². The van der Waals surface area contributed by atoms with Gasteiger partial charge in [0.1, 0.15) is 6.61 Å². The van der Waals surface area contributed by atoms with Crippen molar-refractivity contribution in [2.45, 2.75) is 12.8 Å². The average Bonchev–Trinajstić information content (AvgIpc) is 2.52. The summed E-state index contributed by atoms with van der Waals surface area (Å²) in [7, 11) is 0. The van der Waals surface area contributed by atoms with Crippen molar-refractivity contribution in [1.29, 1.82) is 0 Å². The molecule has 1 aliphatic carbocycles. The second kappa shape index (κ2) is 3.96. The van der Waals surface area contributed by atoms with Gasteiger partial charge in [0.15, 0.2) is 0 Å². The van der Waals surface area contributed by atoms with E-state index in [0.29, 0.717) is 6.61 Å². The fourth-order valence-electron chi connectivity index (χ4n) is 1.07. The molecule has 0 saturated carbocycles. The molecule has 0 saturated heterocycles. The average molecular weight is 152 g/mol. The Kier molecular flexibility index (Phi) is 2.90. The van der Waals surface area contributed by atoms with Crippen molar-refractivity contribution in [2.24, 2.45) is 5.92 Å². The third-order valence-electron chi connectivity index (χ3n) is 1.68. The molecule has 11 heavy (non-hydrogen) atoms. The third kappa shape index (κ3) is 2.22. The lowest BCUT2D eigenvalue weighted by Crippen LogP contribution is -2.14. The summed E-state index contributed by atoms with van der Waals surface area (Å²) in [6.07, 6.45) is 7.27. The number of ether oxygens (including phenoxy) is 1. The normalized spacial score (nSPS) is 16.7. The molecule has 0 amide bonds. The number of carbonyl (C=O) groups excluding carboxylic acids is 1. The predicted molar refractivity (Wildman–Crippen MR) is 43.0 cm³/mol. The fraction of sp³-hybridized carbons (Fsp3) is 0.444. The van der Waals surface area contributed by atoms with Crippen LogP contribution in [-0.2, 0) is 9.53 Å². The highest BCUT2D eigenvalue weighted by Crippen LogP contribution is 2.18. The Hall–Kier alpha value is -1.05. The van der Waals surface area contributed by atoms with Gasteiger partial charge in [0, 0.05) is 0 Å². The smallest absolute Gasteiger partial charge is 0.309 e. The van der Waals surface area contributed by atoms with Crippen LogP contribution in [0.5, 0.6) is 0 Å². The molecule has 1 rings (SSSR count). The zero-order valence-electron chi connectivity index (χ0n) is 6.45. The summed E-state index contributed by atoms with van der Waals surface area (Å²) >= 11 is 0. The molecule has 2 nitrogen and oxygen atoms in total. The van der Waals surface area contributed by atoms with Crippen molar-refractivity contribution >= 4 is 5.97 Å². The zero-order valence-corrected chi connectivity index (χ0v) is 6.45. The first-order valence-electron chi connectivity index (χ1n) is 3.77. The van der Waals surface area contributed by atoms with Gasteiger partial charge in [-0.1, -0.05) is 24.8 Å². The fourth-order valence-corrected chi connectivity index (χ4v) is 1.07. The van der Waals surface area contributed by atoms with Gasteiger partial charge in [0.2, 0.25) is 0 Å². The van der Waals surface area contributed by atoms with E-state index in [1.165, 1.54) is 0 Å². The van der Waals surface area contributed by atoms with Crippen LogP contribution in [0.1, 0.15) is 12.8 Å². The number of rotatable bonds is 3. The standard InChI is InChI=1S/C9H12O2/c1-2-7-11-9(10)8-5-3-4-6-8/h2-4,8H,1,5-7H2. The summed E-state index contributed by atoms with van der Waals surface area (Å²) in [5, 5.41) is 0. The molecule has 0 radical (unpaired) electrons. The Morgan fingerprint density at radius 2 is 2.27 bits per heavy atom. The van der Waals surface area contributed by atoms with Crippen molar-refractivity contribution < 1.29 is 9.53 Å². The molecule has 0 N–H and O–H groups in total. The van der Waals surface area contributed by atoms with Crippen LogP contribution in [0.15, 0.2) is 24.8 Å². The van der Waals surface area contributed by atoms with E-state index >= 15 is 0 Å². The highest BCUT2D eigenvalue weighted by molar-refractivity contribution is 5.73. The second-order valence-electron chi connectivity index (χ2n) is 2.56. The summed E-state index contributed by atoms with van der Waals surface area (Å²) in [6, 6.07) is 0. The Morgan fingerprint density at radius 1 is 1.64 bits per heavy atom. The van der Waals surface area contributed by atoms with Gasteiger partial charge >= 0.3 is 5.97 Å². The van der Waals surface area contributed by atoms with Crippen molar-refractivity contribution in [1.82, 2.24) is 0 Å². The van der Waals surface area contributed by atoms with E-state index in [4.69, 9.17) is 4.74 Å². The van der Waals surface area contributed by atoms with Gasteiger partial charge in [-0.25, -0.2) is 0 Å². The highest BCUT2D eigenvalue weighted by Gasteiger charge is 2.19. The van der Waals surface area contributed by atoms with E-state index in [9.17, 15) is 4.79 Å². The van der Waals surface area contributed by atoms with E-state index in [1.807, 2.05) is 12.2 Å². The molecule has 1 aliphatic rings. The maximum absolute atomic E-state index is 11.1. The molecule has 2 heteroatoms. The van der Waals surface area contributed by atoms with Gasteiger partial charge in [-0.05, 0) is 12.8 Å².